The smallest absolute Gasteiger partial charge is 0.303 e. The minimum atomic E-state index is -0.834. The average Bonchev–Trinajstić information content (AvgIpc) is 3.05. The summed E-state index contributed by atoms with van der Waals surface area (Å²) in [6.07, 6.45) is 1.74. The largest absolute Gasteiger partial charge is 0.481 e. The SMILES string of the molecule is CCC(C(=O)NCCCCC(=O)O)n1nnc(-c2ccc(Cl)cc2)n1. The van der Waals surface area contributed by atoms with Crippen molar-refractivity contribution in [3.63, 3.8) is 0 Å². The van der Waals surface area contributed by atoms with Gasteiger partial charge in [0.05, 0.1) is 0 Å². The van der Waals surface area contributed by atoms with Crippen molar-refractivity contribution in [1.82, 2.24) is 25.5 Å². The molecule has 0 aliphatic rings. The van der Waals surface area contributed by atoms with E-state index in [1.54, 1.807) is 24.3 Å². The Labute approximate surface area is 150 Å². The first kappa shape index (κ1) is 18.9. The number of unbranched alkanes of at least 4 members (excludes halogenated alkanes) is 1. The molecule has 0 fully saturated rings. The Morgan fingerprint density at radius 2 is 2.00 bits per heavy atom. The van der Waals surface area contributed by atoms with Crippen molar-refractivity contribution in [2.45, 2.75) is 38.6 Å². The van der Waals surface area contributed by atoms with E-state index in [1.165, 1.54) is 4.80 Å². The molecule has 2 rings (SSSR count). The zero-order valence-corrected chi connectivity index (χ0v) is 14.6. The van der Waals surface area contributed by atoms with Gasteiger partial charge in [-0.15, -0.1) is 10.2 Å². The molecule has 1 atom stereocenters. The van der Waals surface area contributed by atoms with Gasteiger partial charge in [-0.05, 0) is 48.7 Å². The van der Waals surface area contributed by atoms with E-state index in [9.17, 15) is 9.59 Å². The van der Waals surface area contributed by atoms with Crippen LogP contribution >= 0.6 is 11.6 Å². The Hall–Kier alpha value is -2.48. The average molecular weight is 366 g/mol. The molecule has 1 amide bonds. The highest BCUT2D eigenvalue weighted by molar-refractivity contribution is 6.30. The molecule has 1 unspecified atom stereocenters. The van der Waals surface area contributed by atoms with Gasteiger partial charge in [-0.25, -0.2) is 0 Å². The molecule has 0 saturated carbocycles. The number of carboxylic acids is 1. The zero-order chi connectivity index (χ0) is 18.2. The van der Waals surface area contributed by atoms with Gasteiger partial charge in [0, 0.05) is 23.6 Å². The summed E-state index contributed by atoms with van der Waals surface area (Å²) in [4.78, 5) is 24.0. The van der Waals surface area contributed by atoms with Crippen LogP contribution < -0.4 is 5.32 Å². The Bertz CT molecular complexity index is 717. The molecule has 1 aromatic carbocycles. The molecule has 1 heterocycles. The van der Waals surface area contributed by atoms with Crippen LogP contribution in [0.5, 0.6) is 0 Å². The number of rotatable bonds is 9. The number of aliphatic carboxylic acids is 1. The molecule has 9 heteroatoms. The van der Waals surface area contributed by atoms with E-state index in [2.05, 4.69) is 20.7 Å². The van der Waals surface area contributed by atoms with Crippen molar-refractivity contribution in [3.05, 3.63) is 29.3 Å². The number of carbonyl (C=O) groups is 2. The highest BCUT2D eigenvalue weighted by Crippen LogP contribution is 2.18. The second-order valence-corrected chi connectivity index (χ2v) is 5.94. The molecule has 0 spiro atoms. The van der Waals surface area contributed by atoms with Gasteiger partial charge in [-0.3, -0.25) is 9.59 Å². The maximum absolute atomic E-state index is 12.3. The Balaban J connectivity index is 1.94. The van der Waals surface area contributed by atoms with E-state index in [0.717, 1.165) is 5.56 Å². The number of aromatic nitrogens is 4. The van der Waals surface area contributed by atoms with Crippen LogP contribution in [-0.4, -0.2) is 43.7 Å². The van der Waals surface area contributed by atoms with Gasteiger partial charge in [0.25, 0.3) is 0 Å². The Morgan fingerprint density at radius 3 is 2.64 bits per heavy atom. The van der Waals surface area contributed by atoms with Crippen LogP contribution in [0.15, 0.2) is 24.3 Å². The molecule has 8 nitrogen and oxygen atoms in total. The van der Waals surface area contributed by atoms with Crippen molar-refractivity contribution >= 4 is 23.5 Å². The predicted molar refractivity (Wildman–Crippen MR) is 92.1 cm³/mol. The molecular formula is C16H20ClN5O3. The van der Waals surface area contributed by atoms with E-state index < -0.39 is 12.0 Å². The van der Waals surface area contributed by atoms with E-state index in [4.69, 9.17) is 16.7 Å². The van der Waals surface area contributed by atoms with Crippen molar-refractivity contribution in [1.29, 1.82) is 0 Å². The number of nitrogens with one attached hydrogen (secondary N) is 1. The number of amides is 1. The van der Waals surface area contributed by atoms with Crippen molar-refractivity contribution < 1.29 is 14.7 Å². The third kappa shape index (κ3) is 5.53. The van der Waals surface area contributed by atoms with Crippen LogP contribution in [0.1, 0.15) is 38.6 Å². The summed E-state index contributed by atoms with van der Waals surface area (Å²) in [7, 11) is 0. The molecule has 0 aliphatic carbocycles. The number of tetrazole rings is 1. The first-order valence-electron chi connectivity index (χ1n) is 8.06. The standard InChI is InChI=1S/C16H20ClN5O3/c1-2-13(16(25)18-10-4-3-5-14(23)24)22-20-15(19-21-22)11-6-8-12(17)9-7-11/h6-9,13H,2-5,10H2,1H3,(H,18,25)(H,23,24). The van der Waals surface area contributed by atoms with Gasteiger partial charge in [-0.2, -0.15) is 4.80 Å². The second kappa shape index (κ2) is 9.12. The summed E-state index contributed by atoms with van der Waals surface area (Å²) in [5.41, 5.74) is 0.764. The summed E-state index contributed by atoms with van der Waals surface area (Å²) >= 11 is 5.86. The summed E-state index contributed by atoms with van der Waals surface area (Å²) in [5.74, 6) is -0.624. The van der Waals surface area contributed by atoms with Crippen molar-refractivity contribution in [2.24, 2.45) is 0 Å². The van der Waals surface area contributed by atoms with Crippen LogP contribution in [0.4, 0.5) is 0 Å². The first-order valence-corrected chi connectivity index (χ1v) is 8.44. The molecule has 0 saturated heterocycles. The fourth-order valence-corrected chi connectivity index (χ4v) is 2.38. The lowest BCUT2D eigenvalue weighted by Gasteiger charge is -2.13. The van der Waals surface area contributed by atoms with E-state index in [0.29, 0.717) is 36.7 Å². The quantitative estimate of drug-likeness (QED) is 0.660. The number of nitrogens with zero attached hydrogens (tertiary/aromatic N) is 4. The van der Waals surface area contributed by atoms with E-state index in [1.807, 2.05) is 6.92 Å². The number of carboxylic acid groups (broad SMARTS) is 1. The molecule has 2 aromatic rings. The molecule has 0 aliphatic heterocycles. The summed E-state index contributed by atoms with van der Waals surface area (Å²) in [5, 5.41) is 24.2. The fraction of sp³-hybridized carbons (Fsp3) is 0.438. The van der Waals surface area contributed by atoms with Crippen LogP contribution in [0, 0.1) is 0 Å². The minimum absolute atomic E-state index is 0.0994. The lowest BCUT2D eigenvalue weighted by atomic mass is 10.2. The number of halogens is 1. The van der Waals surface area contributed by atoms with E-state index >= 15 is 0 Å². The number of hydrogen-bond acceptors (Lipinski definition) is 5. The molecule has 1 aromatic heterocycles. The molecular weight excluding hydrogens is 346 g/mol. The minimum Gasteiger partial charge on any atom is -0.481 e. The molecule has 0 radical (unpaired) electrons. The third-order valence-electron chi connectivity index (χ3n) is 3.62. The van der Waals surface area contributed by atoms with Gasteiger partial charge in [0.1, 0.15) is 0 Å². The van der Waals surface area contributed by atoms with Crippen LogP contribution in [-0.2, 0) is 9.59 Å². The van der Waals surface area contributed by atoms with E-state index in [-0.39, 0.29) is 12.3 Å². The van der Waals surface area contributed by atoms with Crippen molar-refractivity contribution in [2.75, 3.05) is 6.54 Å². The monoisotopic (exact) mass is 365 g/mol. The van der Waals surface area contributed by atoms with Gasteiger partial charge < -0.3 is 10.4 Å². The highest BCUT2D eigenvalue weighted by Gasteiger charge is 2.21. The second-order valence-electron chi connectivity index (χ2n) is 5.51. The summed E-state index contributed by atoms with van der Waals surface area (Å²) in [6, 6.07) is 6.48. The lowest BCUT2D eigenvalue weighted by Crippen LogP contribution is -2.34. The van der Waals surface area contributed by atoms with Gasteiger partial charge in [0.2, 0.25) is 11.7 Å². The highest BCUT2D eigenvalue weighted by atomic mass is 35.5. The third-order valence-corrected chi connectivity index (χ3v) is 3.87. The summed E-state index contributed by atoms with van der Waals surface area (Å²) in [6.45, 7) is 2.28. The number of benzene rings is 1. The molecule has 134 valence electrons. The number of carbonyl (C=O) groups excluding carboxylic acids is 1. The van der Waals surface area contributed by atoms with Gasteiger partial charge in [0.15, 0.2) is 6.04 Å². The normalized spacial score (nSPS) is 11.9. The number of hydrogen-bond donors (Lipinski definition) is 2. The van der Waals surface area contributed by atoms with Crippen molar-refractivity contribution in [3.8, 4) is 11.4 Å². The topological polar surface area (TPSA) is 110 Å². The van der Waals surface area contributed by atoms with Crippen LogP contribution in [0.2, 0.25) is 5.02 Å². The lowest BCUT2D eigenvalue weighted by molar-refractivity contribution is -0.137. The molecule has 2 N–H and O–H groups in total. The van der Waals surface area contributed by atoms with Gasteiger partial charge in [-0.1, -0.05) is 18.5 Å². The molecule has 25 heavy (non-hydrogen) atoms. The van der Waals surface area contributed by atoms with Crippen LogP contribution in [0.25, 0.3) is 11.4 Å². The molecule has 0 bridgehead atoms. The van der Waals surface area contributed by atoms with Crippen LogP contribution in [0.3, 0.4) is 0 Å². The Morgan fingerprint density at radius 1 is 1.28 bits per heavy atom. The maximum Gasteiger partial charge on any atom is 0.303 e. The Kier molecular flexibility index (Phi) is 6.88. The summed E-state index contributed by atoms with van der Waals surface area (Å²) < 4.78 is 0. The zero-order valence-electron chi connectivity index (χ0n) is 13.9. The van der Waals surface area contributed by atoms with Gasteiger partial charge >= 0.3 is 5.97 Å². The fourth-order valence-electron chi connectivity index (χ4n) is 2.26. The predicted octanol–water partition coefficient (Wildman–Crippen LogP) is 2.32. The maximum atomic E-state index is 12.3. The first-order chi connectivity index (χ1) is 12.0.